The number of rotatable bonds is 44. The van der Waals surface area contributed by atoms with Crippen LogP contribution in [0, 0.1) is 47.3 Å². The Labute approximate surface area is 841 Å². The van der Waals surface area contributed by atoms with E-state index in [2.05, 4.69) is 170 Å². The van der Waals surface area contributed by atoms with Crippen LogP contribution in [0.1, 0.15) is 155 Å². The van der Waals surface area contributed by atoms with E-state index in [1.165, 1.54) is 0 Å². The molecule has 8 atom stereocenters. The minimum atomic E-state index is -0.303. The molecule has 0 bridgehead atoms. The van der Waals surface area contributed by atoms with Crippen LogP contribution in [0.2, 0.25) is 40.2 Å². The number of halogens is 12. The van der Waals surface area contributed by atoms with E-state index in [1.54, 1.807) is 24.8 Å². The van der Waals surface area contributed by atoms with Crippen molar-refractivity contribution >= 4 is 139 Å². The van der Waals surface area contributed by atoms with E-state index in [4.69, 9.17) is 177 Å². The molecule has 0 N–H and O–H groups in total. The van der Waals surface area contributed by atoms with Crippen LogP contribution < -0.4 is 37.9 Å². The summed E-state index contributed by atoms with van der Waals surface area (Å²) in [6.07, 6.45) is 22.3. The van der Waals surface area contributed by atoms with Crippen LogP contribution in [0.3, 0.4) is 0 Å². The molecule has 0 aliphatic heterocycles. The second-order valence-electron chi connectivity index (χ2n) is 36.7. The van der Waals surface area contributed by atoms with Crippen LogP contribution in [0.5, 0.6) is 46.0 Å². The lowest BCUT2D eigenvalue weighted by Crippen LogP contribution is -2.19. The van der Waals surface area contributed by atoms with Crippen molar-refractivity contribution < 1.29 is 37.9 Å². The molecule has 712 valence electrons. The summed E-state index contributed by atoms with van der Waals surface area (Å²) in [5.41, 5.74) is 7.38. The van der Waals surface area contributed by atoms with Gasteiger partial charge in [-0.25, -0.2) is 19.9 Å². The Hall–Kier alpha value is -7.52. The summed E-state index contributed by atoms with van der Waals surface area (Å²) in [6.45, 7) is 41.8. The van der Waals surface area contributed by atoms with Gasteiger partial charge in [0.25, 0.3) is 0 Å². The van der Waals surface area contributed by atoms with Crippen LogP contribution in [0.25, 0.3) is 0 Å². The highest BCUT2D eigenvalue weighted by Crippen LogP contribution is 2.47. The second kappa shape index (κ2) is 52.1. The average Bonchev–Trinajstić information content (AvgIpc) is 0.972. The smallest absolute Gasteiger partial charge is 0.156 e. The Bertz CT molecular complexity index is 4660. The summed E-state index contributed by atoms with van der Waals surface area (Å²) in [4.78, 5) is 16.3. The number of imidazole rings is 4. The van der Waals surface area contributed by atoms with Gasteiger partial charge in [-0.2, -0.15) is 0 Å². The molecule has 12 aromatic rings. The van der Waals surface area contributed by atoms with Crippen molar-refractivity contribution in [3.05, 3.63) is 305 Å². The minimum absolute atomic E-state index is 0.213. The fourth-order valence-electron chi connectivity index (χ4n) is 14.0. The fourth-order valence-corrected chi connectivity index (χ4v) is 16.8. The maximum absolute atomic E-state index is 6.53. The summed E-state index contributed by atoms with van der Waals surface area (Å²) in [6, 6.07) is 48.2. The highest BCUT2D eigenvalue weighted by Gasteiger charge is 2.32. The summed E-state index contributed by atoms with van der Waals surface area (Å²) >= 11 is 75.7. The maximum atomic E-state index is 6.53. The molecule has 2 unspecified atom stereocenters. The predicted octanol–water partition coefficient (Wildman–Crippen LogP) is 29.9. The van der Waals surface area contributed by atoms with Crippen molar-refractivity contribution in [2.24, 2.45) is 47.3 Å². The number of benzene rings is 8. The minimum Gasteiger partial charge on any atom is -0.493 e. The first-order valence-corrected chi connectivity index (χ1v) is 49.5. The van der Waals surface area contributed by atoms with Gasteiger partial charge in [-0.05, 0) is 142 Å². The summed E-state index contributed by atoms with van der Waals surface area (Å²) in [5.74, 6) is 9.80. The molecule has 0 saturated carbocycles. The number of aromatic nitrogens is 8. The molecule has 0 saturated heterocycles. The third-order valence-electron chi connectivity index (χ3n) is 22.8. The zero-order valence-corrected chi connectivity index (χ0v) is 87.2. The van der Waals surface area contributed by atoms with Crippen LogP contribution in [0.15, 0.2) is 220 Å². The molecule has 12 rings (SSSR count). The number of hydrogen-bond donors (Lipinski definition) is 0. The van der Waals surface area contributed by atoms with Gasteiger partial charge in [0, 0.05) is 168 Å². The van der Waals surface area contributed by atoms with Crippen molar-refractivity contribution in [3.8, 4) is 46.0 Å². The molecule has 28 heteroatoms. The van der Waals surface area contributed by atoms with Crippen molar-refractivity contribution in [1.82, 2.24) is 38.2 Å². The van der Waals surface area contributed by atoms with Crippen molar-refractivity contribution in [2.75, 3.05) is 76.4 Å². The molecular formula is C104H124Cl12N8O8. The second-order valence-corrected chi connectivity index (χ2v) is 41.2. The first-order chi connectivity index (χ1) is 62.8. The number of hydrogen-bond acceptors (Lipinski definition) is 12. The van der Waals surface area contributed by atoms with E-state index in [9.17, 15) is 0 Å². The highest BCUT2D eigenvalue weighted by atomic mass is 35.5. The van der Waals surface area contributed by atoms with Gasteiger partial charge in [0.2, 0.25) is 0 Å². The fraction of sp³-hybridized carbons (Fsp3) is 0.423. The lowest BCUT2D eigenvalue weighted by Gasteiger charge is -2.27. The lowest BCUT2D eigenvalue weighted by atomic mass is 9.78. The van der Waals surface area contributed by atoms with Gasteiger partial charge in [-0.15, -0.1) is 46.4 Å². The molecule has 0 aliphatic carbocycles. The number of nitrogens with zero attached hydrogens (tertiary/aromatic N) is 8. The van der Waals surface area contributed by atoms with E-state index in [0.717, 1.165) is 93.7 Å². The molecule has 16 nitrogen and oxygen atoms in total. The van der Waals surface area contributed by atoms with E-state index >= 15 is 0 Å². The van der Waals surface area contributed by atoms with E-state index in [1.807, 2.05) is 175 Å². The molecule has 0 amide bonds. The standard InChI is InChI=1S/4C26H31Cl3N2O2/c4*1-18(13-27)15-33-25-23(28)11-21(12-24(25)29)26(3,4)20-5-7-22(8-6-20)32-16-19(2)14-31-10-9-30-17-31/h4*5-12,17-19H,13-16H2,1-4H3/t18-,19+;2*18-,19-;/m110./s1. The Morgan fingerprint density at radius 2 is 0.394 bits per heavy atom. The van der Waals surface area contributed by atoms with Gasteiger partial charge in [0.05, 0.1) is 118 Å². The molecule has 0 radical (unpaired) electrons. The first kappa shape index (κ1) is 108. The molecule has 4 aromatic heterocycles. The van der Waals surface area contributed by atoms with Crippen LogP contribution in [-0.2, 0) is 47.8 Å². The molecule has 132 heavy (non-hydrogen) atoms. The molecule has 8 aromatic carbocycles. The summed E-state index contributed by atoms with van der Waals surface area (Å²) in [5, 5.41) is 3.99. The number of ether oxygens (including phenoxy) is 8. The monoisotopic (exact) mass is 2030 g/mol. The molecule has 4 heterocycles. The van der Waals surface area contributed by atoms with Crippen LogP contribution in [-0.4, -0.2) is 115 Å². The number of alkyl halides is 4. The van der Waals surface area contributed by atoms with Gasteiger partial charge in [0.15, 0.2) is 23.0 Å². The topological polar surface area (TPSA) is 145 Å². The lowest BCUT2D eigenvalue weighted by molar-refractivity contribution is 0.244. The van der Waals surface area contributed by atoms with Crippen LogP contribution >= 0.6 is 139 Å². The Morgan fingerprint density at radius 3 is 0.538 bits per heavy atom. The van der Waals surface area contributed by atoms with Crippen molar-refractivity contribution in [3.63, 3.8) is 0 Å². The predicted molar refractivity (Wildman–Crippen MR) is 549 cm³/mol. The largest absolute Gasteiger partial charge is 0.493 e. The van der Waals surface area contributed by atoms with Gasteiger partial charge >= 0.3 is 0 Å². The third-order valence-corrected chi connectivity index (χ3v) is 27.1. The zero-order chi connectivity index (χ0) is 96.0. The normalized spacial score (nSPS) is 13.5. The quantitative estimate of drug-likeness (QED) is 0.0335. The third kappa shape index (κ3) is 32.3. The van der Waals surface area contributed by atoms with Gasteiger partial charge < -0.3 is 56.2 Å². The summed E-state index contributed by atoms with van der Waals surface area (Å²) in [7, 11) is 0. The molecule has 0 aliphatic rings. The molecule has 0 spiro atoms. The van der Waals surface area contributed by atoms with E-state index in [-0.39, 0.29) is 45.3 Å². The summed E-state index contributed by atoms with van der Waals surface area (Å²) < 4.78 is 55.5. The van der Waals surface area contributed by atoms with Crippen molar-refractivity contribution in [2.45, 2.75) is 159 Å². The zero-order valence-electron chi connectivity index (χ0n) is 78.1. The van der Waals surface area contributed by atoms with E-state index in [0.29, 0.717) is 163 Å². The van der Waals surface area contributed by atoms with Gasteiger partial charge in [-0.1, -0.05) is 252 Å². The maximum Gasteiger partial charge on any atom is 0.156 e. The average molecular weight is 2040 g/mol. The Morgan fingerprint density at radius 1 is 0.235 bits per heavy atom. The van der Waals surface area contributed by atoms with E-state index < -0.39 is 0 Å². The van der Waals surface area contributed by atoms with Gasteiger partial charge in [0.1, 0.15) is 23.0 Å². The van der Waals surface area contributed by atoms with Crippen molar-refractivity contribution in [1.29, 1.82) is 0 Å². The first-order valence-electron chi connectivity index (χ1n) is 44.3. The van der Waals surface area contributed by atoms with Crippen LogP contribution in [0.4, 0.5) is 0 Å². The molecule has 0 fully saturated rings. The SMILES string of the molecule is CC(CCl)COc1c(Cl)cc(C(C)(C)c2ccc(OCC(C)Cn3ccnc3)cc2)cc1Cl.C[C@H](CCl)COc1c(Cl)cc(C(C)(C)c2ccc(OC[C@@H](C)Cn3ccnc3)cc2)cc1Cl.C[C@H](CCl)COc1c(Cl)cc(C(C)(C)c2ccc(OC[C@H](C)Cn3ccnc3)cc2)cc1Cl.C[C@H](COc1ccc(C(C)(C)c2cc(Cl)c(OC[C@@H](C)CCl)c(Cl)c2)cc1)Cn1ccnc1. The Balaban J connectivity index is 0.000000198. The Kier molecular flexibility index (Phi) is 42.7. The molecular weight excluding hydrogens is 1910 g/mol. The highest BCUT2D eigenvalue weighted by molar-refractivity contribution is 6.39. The van der Waals surface area contributed by atoms with Gasteiger partial charge in [-0.3, -0.25) is 0 Å².